The van der Waals surface area contributed by atoms with Gasteiger partial charge in [-0.1, -0.05) is 6.07 Å². The molecule has 0 bridgehead atoms. The van der Waals surface area contributed by atoms with Crippen molar-refractivity contribution in [1.82, 2.24) is 19.3 Å². The number of aromatic nitrogens is 4. The molecular formula is C14H16N4OS. The van der Waals surface area contributed by atoms with E-state index in [0.29, 0.717) is 4.77 Å². The van der Waals surface area contributed by atoms with Crippen molar-refractivity contribution in [1.29, 1.82) is 0 Å². The Bertz CT molecular complexity index is 799. The Morgan fingerprint density at radius 1 is 1.35 bits per heavy atom. The molecule has 20 heavy (non-hydrogen) atoms. The van der Waals surface area contributed by atoms with Gasteiger partial charge in [0.15, 0.2) is 4.77 Å². The van der Waals surface area contributed by atoms with E-state index in [1.165, 1.54) is 0 Å². The van der Waals surface area contributed by atoms with Crippen molar-refractivity contribution in [3.63, 3.8) is 0 Å². The van der Waals surface area contributed by atoms with Gasteiger partial charge in [-0.15, -0.1) is 0 Å². The Labute approximate surface area is 121 Å². The number of methoxy groups -OCH3 is 1. The predicted molar refractivity (Wildman–Crippen MR) is 80.6 cm³/mol. The molecule has 0 aliphatic carbocycles. The minimum absolute atomic E-state index is 0.702. The smallest absolute Gasteiger partial charge is 0.178 e. The fraction of sp³-hybridized carbons (Fsp3) is 0.286. The summed E-state index contributed by atoms with van der Waals surface area (Å²) in [5.41, 5.74) is 3.16. The maximum atomic E-state index is 5.40. The lowest BCUT2D eigenvalue weighted by atomic mass is 10.3. The second-order valence-corrected chi connectivity index (χ2v) is 5.10. The van der Waals surface area contributed by atoms with Gasteiger partial charge in [0.2, 0.25) is 0 Å². The molecule has 0 unspecified atom stereocenters. The number of fused-ring (bicyclic) bond motifs is 1. The van der Waals surface area contributed by atoms with Crippen LogP contribution in [0.3, 0.4) is 0 Å². The molecule has 1 N–H and O–H groups in total. The number of para-hydroxylation sites is 1. The Morgan fingerprint density at radius 3 is 2.90 bits per heavy atom. The maximum absolute atomic E-state index is 5.40. The zero-order valence-corrected chi connectivity index (χ0v) is 12.3. The normalized spacial score (nSPS) is 11.1. The van der Waals surface area contributed by atoms with Gasteiger partial charge in [0.25, 0.3) is 0 Å². The first-order chi connectivity index (χ1) is 9.69. The molecule has 0 saturated carbocycles. The van der Waals surface area contributed by atoms with Gasteiger partial charge in [0.05, 0.1) is 25.4 Å². The molecule has 2 heterocycles. The van der Waals surface area contributed by atoms with Crippen LogP contribution in [0.4, 0.5) is 0 Å². The Hall–Kier alpha value is -2.08. The number of rotatable bonds is 4. The fourth-order valence-electron chi connectivity index (χ4n) is 2.34. The van der Waals surface area contributed by atoms with E-state index in [1.807, 2.05) is 42.2 Å². The molecule has 3 rings (SSSR count). The molecule has 6 heteroatoms. The molecule has 0 saturated heterocycles. The van der Waals surface area contributed by atoms with Crippen LogP contribution in [-0.4, -0.2) is 26.4 Å². The third kappa shape index (κ3) is 2.22. The van der Waals surface area contributed by atoms with Gasteiger partial charge in [-0.2, -0.15) is 5.10 Å². The van der Waals surface area contributed by atoms with E-state index in [4.69, 9.17) is 17.0 Å². The Balaban J connectivity index is 1.95. The molecule has 0 amide bonds. The van der Waals surface area contributed by atoms with Crippen LogP contribution in [0.15, 0.2) is 30.6 Å². The predicted octanol–water partition coefficient (Wildman–Crippen LogP) is 2.91. The molecular weight excluding hydrogens is 272 g/mol. The van der Waals surface area contributed by atoms with Crippen LogP contribution in [0.1, 0.15) is 5.56 Å². The van der Waals surface area contributed by atoms with Gasteiger partial charge in [-0.25, -0.2) is 0 Å². The van der Waals surface area contributed by atoms with E-state index in [-0.39, 0.29) is 0 Å². The zero-order valence-electron chi connectivity index (χ0n) is 11.5. The lowest BCUT2D eigenvalue weighted by molar-refractivity contribution is 0.419. The molecule has 2 aromatic heterocycles. The van der Waals surface area contributed by atoms with Gasteiger partial charge >= 0.3 is 0 Å². The summed E-state index contributed by atoms with van der Waals surface area (Å²) in [5.74, 6) is 0.808. The average Bonchev–Trinajstić information content (AvgIpc) is 2.99. The second kappa shape index (κ2) is 5.13. The van der Waals surface area contributed by atoms with Crippen LogP contribution >= 0.6 is 12.2 Å². The summed E-state index contributed by atoms with van der Waals surface area (Å²) in [6.07, 6.45) is 3.89. The third-order valence-corrected chi connectivity index (χ3v) is 3.63. The van der Waals surface area contributed by atoms with Crippen LogP contribution in [0, 0.1) is 11.7 Å². The number of H-pyrrole nitrogens is 1. The third-order valence-electron chi connectivity index (χ3n) is 3.31. The second-order valence-electron chi connectivity index (χ2n) is 4.72. The number of aromatic amines is 1. The molecule has 0 atom stereocenters. The number of nitrogens with zero attached hydrogens (tertiary/aromatic N) is 3. The molecule has 104 valence electrons. The van der Waals surface area contributed by atoms with E-state index < -0.39 is 0 Å². The highest BCUT2D eigenvalue weighted by Crippen LogP contribution is 2.24. The quantitative estimate of drug-likeness (QED) is 0.751. The average molecular weight is 288 g/mol. The Kier molecular flexibility index (Phi) is 3.31. The largest absolute Gasteiger partial charge is 0.494 e. The molecule has 0 radical (unpaired) electrons. The number of nitrogens with one attached hydrogen (secondary N) is 1. The summed E-state index contributed by atoms with van der Waals surface area (Å²) in [5, 5.41) is 4.29. The summed E-state index contributed by atoms with van der Waals surface area (Å²) in [6.45, 7) is 3.59. The van der Waals surface area contributed by atoms with Crippen molar-refractivity contribution in [2.45, 2.75) is 20.0 Å². The minimum Gasteiger partial charge on any atom is -0.494 e. The summed E-state index contributed by atoms with van der Waals surface area (Å²) in [6, 6.07) is 5.94. The fourth-order valence-corrected chi connectivity index (χ4v) is 2.63. The molecule has 0 aliphatic rings. The van der Waals surface area contributed by atoms with Crippen LogP contribution in [0.5, 0.6) is 5.75 Å². The van der Waals surface area contributed by atoms with Crippen LogP contribution in [0.25, 0.3) is 11.0 Å². The van der Waals surface area contributed by atoms with Gasteiger partial charge in [0.1, 0.15) is 11.3 Å². The molecule has 0 fully saturated rings. The van der Waals surface area contributed by atoms with Crippen molar-refractivity contribution in [3.8, 4) is 5.75 Å². The summed E-state index contributed by atoms with van der Waals surface area (Å²) in [4.78, 5) is 3.21. The maximum Gasteiger partial charge on any atom is 0.178 e. The van der Waals surface area contributed by atoms with Gasteiger partial charge < -0.3 is 14.3 Å². The summed E-state index contributed by atoms with van der Waals surface area (Å²) in [7, 11) is 1.66. The van der Waals surface area contributed by atoms with E-state index in [2.05, 4.69) is 14.6 Å². The van der Waals surface area contributed by atoms with Gasteiger partial charge in [-0.05, 0) is 36.8 Å². The highest BCUT2D eigenvalue weighted by atomic mass is 32.1. The monoisotopic (exact) mass is 288 g/mol. The number of hydrogen-bond acceptors (Lipinski definition) is 3. The topological polar surface area (TPSA) is 47.8 Å². The standard InChI is InChI=1S/C14H16N4OS/c1-10-8-15-17(9-10)6-7-18-11-4-3-5-12(19-2)13(11)16-14(18)20/h3-5,8-9H,6-7H2,1-2H3,(H,16,20). The summed E-state index contributed by atoms with van der Waals surface area (Å²) < 4.78 is 10.1. The van der Waals surface area contributed by atoms with Crippen LogP contribution in [0.2, 0.25) is 0 Å². The molecule has 0 spiro atoms. The lowest BCUT2D eigenvalue weighted by Gasteiger charge is -2.06. The zero-order chi connectivity index (χ0) is 14.1. The highest BCUT2D eigenvalue weighted by molar-refractivity contribution is 7.71. The van der Waals surface area contributed by atoms with Crippen LogP contribution < -0.4 is 4.74 Å². The van der Waals surface area contributed by atoms with E-state index in [0.717, 1.165) is 35.4 Å². The number of imidazole rings is 1. The summed E-state index contributed by atoms with van der Waals surface area (Å²) >= 11 is 5.40. The molecule has 5 nitrogen and oxygen atoms in total. The van der Waals surface area contributed by atoms with E-state index in [9.17, 15) is 0 Å². The molecule has 1 aromatic carbocycles. The first-order valence-corrected chi connectivity index (χ1v) is 6.84. The first kappa shape index (κ1) is 12.9. The number of benzene rings is 1. The van der Waals surface area contributed by atoms with E-state index >= 15 is 0 Å². The van der Waals surface area contributed by atoms with Crippen molar-refractivity contribution >= 4 is 23.3 Å². The highest BCUT2D eigenvalue weighted by Gasteiger charge is 2.08. The van der Waals surface area contributed by atoms with Crippen molar-refractivity contribution in [2.75, 3.05) is 7.11 Å². The van der Waals surface area contributed by atoms with Crippen molar-refractivity contribution in [2.24, 2.45) is 0 Å². The number of hydrogen-bond donors (Lipinski definition) is 1. The van der Waals surface area contributed by atoms with Crippen molar-refractivity contribution < 1.29 is 4.74 Å². The SMILES string of the molecule is COc1cccc2c1[nH]c(=S)n2CCn1cc(C)cn1. The van der Waals surface area contributed by atoms with Gasteiger partial charge in [0, 0.05) is 12.7 Å². The molecule has 3 aromatic rings. The van der Waals surface area contributed by atoms with Crippen molar-refractivity contribution in [3.05, 3.63) is 40.9 Å². The van der Waals surface area contributed by atoms with Crippen LogP contribution in [-0.2, 0) is 13.1 Å². The lowest BCUT2D eigenvalue weighted by Crippen LogP contribution is -2.07. The van der Waals surface area contributed by atoms with Gasteiger partial charge in [-0.3, -0.25) is 4.68 Å². The molecule has 0 aliphatic heterocycles. The minimum atomic E-state index is 0.702. The Morgan fingerprint density at radius 2 is 2.20 bits per heavy atom. The number of ether oxygens (including phenoxy) is 1. The van der Waals surface area contributed by atoms with E-state index in [1.54, 1.807) is 7.11 Å². The first-order valence-electron chi connectivity index (χ1n) is 6.43. The number of aryl methyl sites for hydroxylation is 3.